The van der Waals surface area contributed by atoms with Crippen LogP contribution in [0.5, 0.6) is 0 Å². The van der Waals surface area contributed by atoms with Crippen molar-refractivity contribution in [1.29, 1.82) is 0 Å². The third-order valence-corrected chi connectivity index (χ3v) is 6.30. The summed E-state index contributed by atoms with van der Waals surface area (Å²) in [7, 11) is 0. The van der Waals surface area contributed by atoms with Crippen molar-refractivity contribution in [2.45, 2.75) is 144 Å². The van der Waals surface area contributed by atoms with Gasteiger partial charge in [0.1, 0.15) is 0 Å². The van der Waals surface area contributed by atoms with Gasteiger partial charge < -0.3 is 20.8 Å². The fourth-order valence-corrected chi connectivity index (χ4v) is 5.27. The molecule has 2 atom stereocenters. The van der Waals surface area contributed by atoms with Crippen molar-refractivity contribution in [3.63, 3.8) is 0 Å². The third kappa shape index (κ3) is 8.66. The monoisotopic (exact) mass is 456 g/mol. The van der Waals surface area contributed by atoms with Crippen molar-refractivity contribution >= 4 is 11.8 Å². The van der Waals surface area contributed by atoms with Gasteiger partial charge in [0.2, 0.25) is 0 Å². The topological polar surface area (TPSA) is 98.7 Å². The molecule has 0 aliphatic carbocycles. The predicted octanol–water partition coefficient (Wildman–Crippen LogP) is 4.71. The summed E-state index contributed by atoms with van der Waals surface area (Å²) in [5.74, 6) is -1.53. The Morgan fingerprint density at radius 1 is 0.594 bits per heavy atom. The van der Waals surface area contributed by atoms with Gasteiger partial charge in [-0.15, -0.1) is 0 Å². The lowest BCUT2D eigenvalue weighted by Gasteiger charge is -2.45. The Morgan fingerprint density at radius 3 is 0.969 bits per heavy atom. The highest BCUT2D eigenvalue weighted by Gasteiger charge is 2.46. The molecule has 6 nitrogen and oxygen atoms in total. The van der Waals surface area contributed by atoms with E-state index in [1.165, 1.54) is 0 Å². The minimum Gasteiger partial charge on any atom is -0.388 e. The molecule has 190 valence electrons. The van der Waals surface area contributed by atoms with Gasteiger partial charge in [0.25, 0.3) is 0 Å². The maximum atomic E-state index is 13.0. The van der Waals surface area contributed by atoms with E-state index in [1.54, 1.807) is 0 Å². The molecule has 0 aromatic carbocycles. The van der Waals surface area contributed by atoms with E-state index in [-0.39, 0.29) is 0 Å². The van der Waals surface area contributed by atoms with Crippen molar-refractivity contribution < 1.29 is 19.8 Å². The second kappa shape index (κ2) is 12.4. The standard InChI is InChI=1S/C26H52N2O4/c1-11-15-25(31,16-12-2)21(23(5,6)7)27-19(29)20(30)28-22(24(8,9)10)26(32,17-13-3)18-14-4/h21-22,31-32H,11-18H2,1-10H3,(H,27,29)(H,28,30). The van der Waals surface area contributed by atoms with Crippen LogP contribution in [-0.4, -0.2) is 45.3 Å². The quantitative estimate of drug-likeness (QED) is 0.320. The second-order valence-corrected chi connectivity index (χ2v) is 11.8. The van der Waals surface area contributed by atoms with E-state index < -0.39 is 45.9 Å². The lowest BCUT2D eigenvalue weighted by atomic mass is 9.72. The van der Waals surface area contributed by atoms with Crippen LogP contribution in [0.2, 0.25) is 0 Å². The summed E-state index contributed by atoms with van der Waals surface area (Å²) in [6.07, 6.45) is 5.28. The van der Waals surface area contributed by atoms with Crippen molar-refractivity contribution in [3.05, 3.63) is 0 Å². The number of hydrogen-bond donors (Lipinski definition) is 4. The first-order valence-corrected chi connectivity index (χ1v) is 12.6. The molecule has 0 spiro atoms. The van der Waals surface area contributed by atoms with E-state index in [9.17, 15) is 19.8 Å². The molecule has 0 radical (unpaired) electrons. The van der Waals surface area contributed by atoms with E-state index in [0.717, 1.165) is 25.7 Å². The van der Waals surface area contributed by atoms with Crippen LogP contribution in [-0.2, 0) is 9.59 Å². The molecule has 2 amide bonds. The number of carbonyl (C=O) groups excluding carboxylic acids is 2. The van der Waals surface area contributed by atoms with Gasteiger partial charge in [-0.05, 0) is 36.5 Å². The summed E-state index contributed by atoms with van der Waals surface area (Å²) in [4.78, 5) is 26.1. The van der Waals surface area contributed by atoms with Crippen LogP contribution in [0.25, 0.3) is 0 Å². The van der Waals surface area contributed by atoms with Gasteiger partial charge >= 0.3 is 11.8 Å². The number of nitrogens with one attached hydrogen (secondary N) is 2. The van der Waals surface area contributed by atoms with Gasteiger partial charge in [-0.1, -0.05) is 94.9 Å². The van der Waals surface area contributed by atoms with E-state index >= 15 is 0 Å². The first-order chi connectivity index (χ1) is 14.5. The van der Waals surface area contributed by atoms with Crippen LogP contribution in [0.4, 0.5) is 0 Å². The van der Waals surface area contributed by atoms with Gasteiger partial charge in [-0.2, -0.15) is 0 Å². The number of aliphatic hydroxyl groups is 2. The fraction of sp³-hybridized carbons (Fsp3) is 0.923. The minimum atomic E-state index is -1.09. The molecule has 6 heteroatoms. The molecule has 0 aromatic rings. The van der Waals surface area contributed by atoms with Crippen LogP contribution in [0.1, 0.15) is 121 Å². The zero-order chi connectivity index (χ0) is 25.4. The van der Waals surface area contributed by atoms with Crippen molar-refractivity contribution in [3.8, 4) is 0 Å². The number of amides is 2. The summed E-state index contributed by atoms with van der Waals surface area (Å²) >= 11 is 0. The van der Waals surface area contributed by atoms with Crippen molar-refractivity contribution in [2.24, 2.45) is 10.8 Å². The number of hydrogen-bond acceptors (Lipinski definition) is 4. The van der Waals surface area contributed by atoms with Crippen LogP contribution in [0.3, 0.4) is 0 Å². The summed E-state index contributed by atoms with van der Waals surface area (Å²) in [5, 5.41) is 28.6. The SMILES string of the molecule is CCCC(O)(CCC)C(NC(=O)C(=O)NC(C(C)(C)C)C(O)(CCC)CCC)C(C)(C)C. The van der Waals surface area contributed by atoms with Gasteiger partial charge in [0.05, 0.1) is 23.3 Å². The maximum absolute atomic E-state index is 13.0. The fourth-order valence-electron chi connectivity index (χ4n) is 5.27. The second-order valence-electron chi connectivity index (χ2n) is 11.8. The first kappa shape index (κ1) is 30.9. The average molecular weight is 457 g/mol. The highest BCUT2D eigenvalue weighted by Crippen LogP contribution is 2.36. The average Bonchev–Trinajstić information content (AvgIpc) is 2.62. The molecule has 4 N–H and O–H groups in total. The minimum absolute atomic E-state index is 0.441. The molecule has 2 unspecified atom stereocenters. The Bertz CT molecular complexity index is 526. The highest BCUT2D eigenvalue weighted by atomic mass is 16.3. The van der Waals surface area contributed by atoms with Gasteiger partial charge in [0.15, 0.2) is 0 Å². The Hall–Kier alpha value is -1.14. The third-order valence-electron chi connectivity index (χ3n) is 6.30. The largest absolute Gasteiger partial charge is 0.388 e. The zero-order valence-electron chi connectivity index (χ0n) is 22.5. The summed E-state index contributed by atoms with van der Waals surface area (Å²) in [6.45, 7) is 19.8. The van der Waals surface area contributed by atoms with E-state index in [0.29, 0.717) is 25.7 Å². The number of rotatable bonds is 12. The summed E-state index contributed by atoms with van der Waals surface area (Å²) in [5.41, 5.74) is -3.06. The van der Waals surface area contributed by atoms with Crippen LogP contribution >= 0.6 is 0 Å². The van der Waals surface area contributed by atoms with Gasteiger partial charge in [-0.25, -0.2) is 0 Å². The molecule has 0 fully saturated rings. The summed E-state index contributed by atoms with van der Waals surface area (Å²) < 4.78 is 0. The zero-order valence-corrected chi connectivity index (χ0v) is 22.5. The number of carbonyl (C=O) groups is 2. The van der Waals surface area contributed by atoms with Crippen LogP contribution in [0, 0.1) is 10.8 Å². The van der Waals surface area contributed by atoms with Crippen molar-refractivity contribution in [2.75, 3.05) is 0 Å². The molecule has 0 aliphatic rings. The highest BCUT2D eigenvalue weighted by molar-refractivity contribution is 6.35. The maximum Gasteiger partial charge on any atom is 0.309 e. The molecule has 0 bridgehead atoms. The normalized spacial score (nSPS) is 15.2. The smallest absolute Gasteiger partial charge is 0.309 e. The van der Waals surface area contributed by atoms with E-state index in [1.807, 2.05) is 69.2 Å². The lowest BCUT2D eigenvalue weighted by molar-refractivity contribution is -0.145. The predicted molar refractivity (Wildman–Crippen MR) is 132 cm³/mol. The lowest BCUT2D eigenvalue weighted by Crippen LogP contribution is -2.64. The molecule has 32 heavy (non-hydrogen) atoms. The molecule has 0 heterocycles. The molecule has 0 rings (SSSR count). The van der Waals surface area contributed by atoms with Gasteiger partial charge in [0, 0.05) is 0 Å². The molecule has 0 saturated carbocycles. The van der Waals surface area contributed by atoms with E-state index in [2.05, 4.69) is 10.6 Å². The molecule has 0 aliphatic heterocycles. The van der Waals surface area contributed by atoms with Gasteiger partial charge in [-0.3, -0.25) is 9.59 Å². The van der Waals surface area contributed by atoms with Crippen LogP contribution < -0.4 is 10.6 Å². The first-order valence-electron chi connectivity index (χ1n) is 12.6. The molecular formula is C26H52N2O4. The van der Waals surface area contributed by atoms with Crippen molar-refractivity contribution in [1.82, 2.24) is 10.6 Å². The molecule has 0 saturated heterocycles. The van der Waals surface area contributed by atoms with Crippen LogP contribution in [0.15, 0.2) is 0 Å². The molecular weight excluding hydrogens is 404 g/mol. The Balaban J connectivity index is 5.88. The molecule has 0 aromatic heterocycles. The Kier molecular flexibility index (Phi) is 11.9. The Labute approximate surface area is 197 Å². The summed E-state index contributed by atoms with van der Waals surface area (Å²) in [6, 6.07) is -1.15. The van der Waals surface area contributed by atoms with E-state index in [4.69, 9.17) is 0 Å². The Morgan fingerprint density at radius 2 is 0.812 bits per heavy atom.